The van der Waals surface area contributed by atoms with Crippen LogP contribution in [0.1, 0.15) is 11.4 Å². The molecule has 0 fully saturated rings. The predicted octanol–water partition coefficient (Wildman–Crippen LogP) is 1.80. The van der Waals surface area contributed by atoms with Crippen molar-refractivity contribution in [2.45, 2.75) is 13.8 Å². The van der Waals surface area contributed by atoms with Crippen LogP contribution in [0.15, 0.2) is 36.7 Å². The van der Waals surface area contributed by atoms with Gasteiger partial charge in [-0.3, -0.25) is 0 Å². The van der Waals surface area contributed by atoms with Crippen LogP contribution in [-0.4, -0.2) is 4.68 Å². The smallest absolute Gasteiger partial charge is 0.235 e. The Bertz CT molecular complexity index is 457. The third kappa shape index (κ3) is 1.86. The number of aryl methyl sites for hydroxylation is 1. The number of hydrogen-bond acceptors (Lipinski definition) is 1. The highest BCUT2D eigenvalue weighted by Gasteiger charge is 2.12. The molecule has 0 saturated heterocycles. The van der Waals surface area contributed by atoms with Crippen LogP contribution in [-0.2, 0) is 7.05 Å². The summed E-state index contributed by atoms with van der Waals surface area (Å²) in [5.41, 5.74) is 6.91. The molecule has 1 heterocycles. The molecule has 0 radical (unpaired) electrons. The topological polar surface area (TPSA) is 20.8 Å². The molecule has 3 nitrogen and oxygen atoms in total. The lowest BCUT2D eigenvalue weighted by molar-refractivity contribution is -0.677. The number of aromatic nitrogens is 2. The fourth-order valence-electron chi connectivity index (χ4n) is 1.54. The standard InChI is InChI=1S/C12H16N3/c1-10-11(2)15(9-14(10)3)13-12-7-5-4-6-8-12/h4-9,13H,1-3H3/q+1. The van der Waals surface area contributed by atoms with Crippen LogP contribution in [0.4, 0.5) is 5.69 Å². The Hall–Kier alpha value is -1.77. The van der Waals surface area contributed by atoms with Crippen molar-refractivity contribution in [1.82, 2.24) is 4.68 Å². The van der Waals surface area contributed by atoms with E-state index in [1.54, 1.807) is 0 Å². The first-order valence-corrected chi connectivity index (χ1v) is 5.05. The molecule has 78 valence electrons. The molecule has 0 bridgehead atoms. The third-order valence-corrected chi connectivity index (χ3v) is 2.73. The second-order valence-electron chi connectivity index (χ2n) is 3.75. The van der Waals surface area contributed by atoms with E-state index in [0.717, 1.165) is 5.69 Å². The average Bonchev–Trinajstić information content (AvgIpc) is 2.48. The van der Waals surface area contributed by atoms with Crippen LogP contribution in [0, 0.1) is 13.8 Å². The highest BCUT2D eigenvalue weighted by molar-refractivity contribution is 5.42. The van der Waals surface area contributed by atoms with Crippen molar-refractivity contribution < 1.29 is 4.57 Å². The van der Waals surface area contributed by atoms with Gasteiger partial charge in [-0.1, -0.05) is 18.2 Å². The molecular weight excluding hydrogens is 186 g/mol. The van der Waals surface area contributed by atoms with Crippen molar-refractivity contribution in [2.24, 2.45) is 7.05 Å². The van der Waals surface area contributed by atoms with Gasteiger partial charge in [0.15, 0.2) is 5.69 Å². The van der Waals surface area contributed by atoms with Crippen LogP contribution in [0.2, 0.25) is 0 Å². The number of nitrogens with zero attached hydrogens (tertiary/aromatic N) is 2. The van der Waals surface area contributed by atoms with Gasteiger partial charge < -0.3 is 0 Å². The van der Waals surface area contributed by atoms with Gasteiger partial charge in [0.2, 0.25) is 0 Å². The van der Waals surface area contributed by atoms with Crippen molar-refractivity contribution in [3.63, 3.8) is 0 Å². The molecule has 1 aromatic heterocycles. The summed E-state index contributed by atoms with van der Waals surface area (Å²) in [6.07, 6.45) is 2.04. The quantitative estimate of drug-likeness (QED) is 0.737. The zero-order chi connectivity index (χ0) is 10.8. The van der Waals surface area contributed by atoms with E-state index in [-0.39, 0.29) is 0 Å². The molecule has 0 unspecified atom stereocenters. The fraction of sp³-hybridized carbons (Fsp3) is 0.250. The van der Waals surface area contributed by atoms with E-state index >= 15 is 0 Å². The van der Waals surface area contributed by atoms with Gasteiger partial charge in [0.05, 0.1) is 12.7 Å². The number of nitrogens with one attached hydrogen (secondary N) is 1. The largest absolute Gasteiger partial charge is 0.267 e. The lowest BCUT2D eigenvalue weighted by Crippen LogP contribution is -2.28. The van der Waals surface area contributed by atoms with Crippen molar-refractivity contribution >= 4 is 5.69 Å². The van der Waals surface area contributed by atoms with Crippen LogP contribution >= 0.6 is 0 Å². The minimum absolute atomic E-state index is 1.09. The Morgan fingerprint density at radius 1 is 1.13 bits per heavy atom. The molecule has 0 aliphatic carbocycles. The Morgan fingerprint density at radius 2 is 1.80 bits per heavy atom. The van der Waals surface area contributed by atoms with Crippen LogP contribution in [0.3, 0.4) is 0 Å². The van der Waals surface area contributed by atoms with Crippen molar-refractivity contribution in [1.29, 1.82) is 0 Å². The molecule has 0 saturated carbocycles. The second kappa shape index (κ2) is 3.77. The summed E-state index contributed by atoms with van der Waals surface area (Å²) in [4.78, 5) is 0. The molecule has 0 spiro atoms. The number of hydrogen-bond donors (Lipinski definition) is 1. The molecule has 2 rings (SSSR count). The third-order valence-electron chi connectivity index (χ3n) is 2.73. The van der Waals surface area contributed by atoms with Gasteiger partial charge >= 0.3 is 0 Å². The normalized spacial score (nSPS) is 10.3. The van der Waals surface area contributed by atoms with E-state index in [0.29, 0.717) is 0 Å². The van der Waals surface area contributed by atoms with Gasteiger partial charge in [-0.25, -0.2) is 9.99 Å². The number of imidazole rings is 1. The zero-order valence-corrected chi connectivity index (χ0v) is 9.36. The SMILES string of the molecule is Cc1c(C)[n+](C)cn1Nc1ccccc1. The Labute approximate surface area is 90.0 Å². The molecule has 0 atom stereocenters. The Balaban J connectivity index is 2.29. The molecule has 1 N–H and O–H groups in total. The summed E-state index contributed by atoms with van der Waals surface area (Å²) >= 11 is 0. The average molecular weight is 202 g/mol. The molecular formula is C12H16N3+. The van der Waals surface area contributed by atoms with Crippen LogP contribution in [0.5, 0.6) is 0 Å². The maximum Gasteiger partial charge on any atom is 0.267 e. The first-order chi connectivity index (χ1) is 7.18. The van der Waals surface area contributed by atoms with E-state index in [2.05, 4.69) is 36.0 Å². The Morgan fingerprint density at radius 3 is 2.33 bits per heavy atom. The molecule has 2 aromatic rings. The summed E-state index contributed by atoms with van der Waals surface area (Å²) in [6.45, 7) is 4.21. The lowest BCUT2D eigenvalue weighted by atomic mass is 10.3. The van der Waals surface area contributed by atoms with Gasteiger partial charge in [0.1, 0.15) is 5.69 Å². The van der Waals surface area contributed by atoms with E-state index in [4.69, 9.17) is 0 Å². The minimum atomic E-state index is 1.09. The summed E-state index contributed by atoms with van der Waals surface area (Å²) in [5.74, 6) is 0. The van der Waals surface area contributed by atoms with E-state index in [1.165, 1.54) is 11.4 Å². The molecule has 0 aliphatic heterocycles. The molecule has 0 amide bonds. The monoisotopic (exact) mass is 202 g/mol. The van der Waals surface area contributed by atoms with Crippen molar-refractivity contribution in [2.75, 3.05) is 5.43 Å². The number of anilines is 1. The number of benzene rings is 1. The van der Waals surface area contributed by atoms with Gasteiger partial charge in [-0.2, -0.15) is 0 Å². The number of rotatable bonds is 2. The second-order valence-corrected chi connectivity index (χ2v) is 3.75. The number of para-hydroxylation sites is 1. The summed E-state index contributed by atoms with van der Waals surface area (Å²) in [5, 5.41) is 0. The highest BCUT2D eigenvalue weighted by atomic mass is 15.4. The van der Waals surface area contributed by atoms with Crippen molar-refractivity contribution in [3.05, 3.63) is 48.0 Å². The van der Waals surface area contributed by atoms with E-state index < -0.39 is 0 Å². The van der Waals surface area contributed by atoms with Crippen molar-refractivity contribution in [3.8, 4) is 0 Å². The van der Waals surface area contributed by atoms with Crippen LogP contribution in [0.25, 0.3) is 0 Å². The maximum absolute atomic E-state index is 3.33. The van der Waals surface area contributed by atoms with Gasteiger partial charge in [0.25, 0.3) is 6.33 Å². The zero-order valence-electron chi connectivity index (χ0n) is 9.36. The fourth-order valence-corrected chi connectivity index (χ4v) is 1.54. The van der Waals surface area contributed by atoms with Gasteiger partial charge in [-0.15, -0.1) is 4.68 Å². The first-order valence-electron chi connectivity index (χ1n) is 5.05. The van der Waals surface area contributed by atoms with E-state index in [1.807, 2.05) is 36.3 Å². The minimum Gasteiger partial charge on any atom is -0.235 e. The highest BCUT2D eigenvalue weighted by Crippen LogP contribution is 2.08. The Kier molecular flexibility index (Phi) is 2.46. The summed E-state index contributed by atoms with van der Waals surface area (Å²) in [6, 6.07) is 10.2. The molecule has 15 heavy (non-hydrogen) atoms. The molecule has 3 heteroatoms. The maximum atomic E-state index is 3.33. The van der Waals surface area contributed by atoms with Gasteiger partial charge in [-0.05, 0) is 12.1 Å². The predicted molar refractivity (Wildman–Crippen MR) is 60.5 cm³/mol. The van der Waals surface area contributed by atoms with Gasteiger partial charge in [0, 0.05) is 13.8 Å². The molecule has 0 aliphatic rings. The summed E-state index contributed by atoms with van der Waals surface area (Å²) < 4.78 is 4.13. The summed E-state index contributed by atoms with van der Waals surface area (Å²) in [7, 11) is 2.05. The first kappa shape index (κ1) is 9.77. The lowest BCUT2D eigenvalue weighted by Gasteiger charge is -2.01. The van der Waals surface area contributed by atoms with E-state index in [9.17, 15) is 0 Å². The molecule has 1 aromatic carbocycles. The van der Waals surface area contributed by atoms with Crippen LogP contribution < -0.4 is 9.99 Å².